The van der Waals surface area contributed by atoms with Crippen LogP contribution in [0.2, 0.25) is 0 Å². The number of rotatable bonds is 8. The van der Waals surface area contributed by atoms with Crippen LogP contribution in [0.25, 0.3) is 0 Å². The molecular weight excluding hydrogens is 308 g/mol. The van der Waals surface area contributed by atoms with E-state index in [2.05, 4.69) is 5.32 Å². The van der Waals surface area contributed by atoms with E-state index in [0.29, 0.717) is 19.4 Å². The average molecular weight is 328 g/mol. The number of carbonyl (C=O) groups excluding carboxylic acids is 1. The maximum Gasteiger partial charge on any atom is 0.230 e. The summed E-state index contributed by atoms with van der Waals surface area (Å²) in [7, 11) is -3.01. The first kappa shape index (κ1) is 17.6. The third kappa shape index (κ3) is 7.19. The smallest absolute Gasteiger partial charge is 0.230 e. The quantitative estimate of drug-likeness (QED) is 0.541. The van der Waals surface area contributed by atoms with Crippen molar-refractivity contribution in [2.24, 2.45) is 11.7 Å². The Morgan fingerprint density at radius 3 is 2.48 bits per heavy atom. The minimum atomic E-state index is -3.01. The van der Waals surface area contributed by atoms with Crippen LogP contribution in [0.5, 0.6) is 0 Å². The molecule has 116 valence electrons. The van der Waals surface area contributed by atoms with E-state index in [1.54, 1.807) is 0 Å². The lowest BCUT2D eigenvalue weighted by molar-refractivity contribution is -0.122. The highest BCUT2D eigenvalue weighted by Gasteiger charge is 2.21. The van der Waals surface area contributed by atoms with Gasteiger partial charge in [0.15, 0.2) is 0 Å². The van der Waals surface area contributed by atoms with Crippen molar-refractivity contribution in [1.82, 2.24) is 5.32 Å². The molecule has 0 aliphatic rings. The molecule has 3 N–H and O–H groups in total. The Morgan fingerprint density at radius 1 is 1.33 bits per heavy atom. The van der Waals surface area contributed by atoms with Gasteiger partial charge in [0.2, 0.25) is 5.91 Å². The van der Waals surface area contributed by atoms with Crippen LogP contribution in [0.15, 0.2) is 30.3 Å². The molecule has 1 aromatic carbocycles. The van der Waals surface area contributed by atoms with E-state index >= 15 is 0 Å². The minimum absolute atomic E-state index is 0.0453. The number of hydrogen-bond donors (Lipinski definition) is 2. The van der Waals surface area contributed by atoms with Gasteiger partial charge in [-0.15, -0.1) is 0 Å². The molecule has 5 nitrogen and oxygen atoms in total. The molecule has 21 heavy (non-hydrogen) atoms. The fourth-order valence-corrected chi connectivity index (χ4v) is 2.70. The molecule has 0 saturated carbocycles. The lowest BCUT2D eigenvalue weighted by Gasteiger charge is -2.15. The van der Waals surface area contributed by atoms with Gasteiger partial charge < -0.3 is 11.1 Å². The zero-order valence-electron chi connectivity index (χ0n) is 11.9. The van der Waals surface area contributed by atoms with Crippen molar-refractivity contribution in [2.45, 2.75) is 12.8 Å². The predicted molar refractivity (Wildman–Crippen MR) is 87.8 cm³/mol. The molecule has 0 saturated heterocycles. The van der Waals surface area contributed by atoms with E-state index in [4.69, 9.17) is 18.0 Å². The largest absolute Gasteiger partial charge is 0.393 e. The maximum atomic E-state index is 12.1. The maximum absolute atomic E-state index is 12.1. The van der Waals surface area contributed by atoms with Gasteiger partial charge in [-0.05, 0) is 18.4 Å². The summed E-state index contributed by atoms with van der Waals surface area (Å²) < 4.78 is 22.0. The van der Waals surface area contributed by atoms with Crippen LogP contribution in [-0.4, -0.2) is 37.9 Å². The molecule has 7 heteroatoms. The highest BCUT2D eigenvalue weighted by molar-refractivity contribution is 7.90. The lowest BCUT2D eigenvalue weighted by atomic mass is 9.98. The molecule has 0 aliphatic carbocycles. The molecule has 1 amide bonds. The summed E-state index contributed by atoms with van der Waals surface area (Å²) in [5.41, 5.74) is 6.61. The number of carbonyl (C=O) groups is 1. The Hall–Kier alpha value is -1.47. The summed E-state index contributed by atoms with van der Waals surface area (Å²) >= 11 is 4.95. The third-order valence-electron chi connectivity index (χ3n) is 2.93. The van der Waals surface area contributed by atoms with Crippen LogP contribution in [0.1, 0.15) is 12.0 Å². The van der Waals surface area contributed by atoms with Crippen LogP contribution in [0.4, 0.5) is 0 Å². The summed E-state index contributed by atoms with van der Waals surface area (Å²) in [5, 5.41) is 2.69. The number of nitrogens with two attached hydrogens (primary N) is 1. The van der Waals surface area contributed by atoms with Gasteiger partial charge >= 0.3 is 0 Å². The van der Waals surface area contributed by atoms with E-state index in [0.717, 1.165) is 5.56 Å². The fraction of sp³-hybridized carbons (Fsp3) is 0.429. The molecule has 0 radical (unpaired) electrons. The molecule has 1 rings (SSSR count). The second-order valence-corrected chi connectivity index (χ2v) is 7.65. The van der Waals surface area contributed by atoms with E-state index in [-0.39, 0.29) is 16.6 Å². The zero-order valence-corrected chi connectivity index (χ0v) is 13.5. The van der Waals surface area contributed by atoms with Crippen molar-refractivity contribution in [3.8, 4) is 0 Å². The van der Waals surface area contributed by atoms with Gasteiger partial charge in [-0.3, -0.25) is 4.79 Å². The van der Waals surface area contributed by atoms with Crippen molar-refractivity contribution in [3.05, 3.63) is 35.9 Å². The van der Waals surface area contributed by atoms with E-state index in [1.165, 1.54) is 6.26 Å². The number of sulfone groups is 1. The Kier molecular flexibility index (Phi) is 6.77. The first-order valence-electron chi connectivity index (χ1n) is 6.58. The van der Waals surface area contributed by atoms with Crippen molar-refractivity contribution in [2.75, 3.05) is 18.6 Å². The van der Waals surface area contributed by atoms with Crippen LogP contribution in [0, 0.1) is 5.92 Å². The van der Waals surface area contributed by atoms with E-state index < -0.39 is 15.8 Å². The molecular formula is C14H20N2O3S2. The number of amides is 1. The number of benzene rings is 1. The fourth-order valence-electron chi connectivity index (χ4n) is 1.84. The molecule has 0 aliphatic heterocycles. The summed E-state index contributed by atoms with van der Waals surface area (Å²) in [6, 6.07) is 9.47. The van der Waals surface area contributed by atoms with Crippen molar-refractivity contribution < 1.29 is 13.2 Å². The van der Waals surface area contributed by atoms with Crippen molar-refractivity contribution in [3.63, 3.8) is 0 Å². The second-order valence-electron chi connectivity index (χ2n) is 4.92. The van der Waals surface area contributed by atoms with E-state index in [1.807, 2.05) is 30.3 Å². The van der Waals surface area contributed by atoms with Gasteiger partial charge in [0.05, 0.1) is 16.7 Å². The molecule has 0 aromatic heterocycles. The van der Waals surface area contributed by atoms with Gasteiger partial charge in [-0.2, -0.15) is 0 Å². The molecule has 0 heterocycles. The van der Waals surface area contributed by atoms with Crippen molar-refractivity contribution in [1.29, 1.82) is 0 Å². The molecule has 0 spiro atoms. The first-order valence-corrected chi connectivity index (χ1v) is 9.05. The summed E-state index contributed by atoms with van der Waals surface area (Å²) in [6.07, 6.45) is 1.98. The minimum Gasteiger partial charge on any atom is -0.393 e. The molecule has 1 atom stereocenters. The Balaban J connectivity index is 2.52. The second kappa shape index (κ2) is 8.09. The monoisotopic (exact) mass is 328 g/mol. The molecule has 1 aromatic rings. The highest BCUT2D eigenvalue weighted by atomic mass is 32.2. The topological polar surface area (TPSA) is 89.3 Å². The predicted octanol–water partition coefficient (Wildman–Crippen LogP) is 0.682. The number of nitrogens with one attached hydrogen (secondary N) is 1. The van der Waals surface area contributed by atoms with Crippen molar-refractivity contribution >= 4 is 33.0 Å². The average Bonchev–Trinajstić information content (AvgIpc) is 2.40. The summed E-state index contributed by atoms with van der Waals surface area (Å²) in [4.78, 5) is 12.2. The lowest BCUT2D eigenvalue weighted by Crippen LogP contribution is -2.39. The SMILES string of the molecule is CS(=O)(=O)CCCNC(=O)C(Cc1ccccc1)C(N)=S. The molecule has 1 unspecified atom stereocenters. The van der Waals surface area contributed by atoms with Gasteiger partial charge in [-0.25, -0.2) is 8.42 Å². The van der Waals surface area contributed by atoms with Gasteiger partial charge in [0, 0.05) is 12.8 Å². The van der Waals surface area contributed by atoms with Gasteiger partial charge in [-0.1, -0.05) is 42.5 Å². The standard InChI is InChI=1S/C14H20N2O3S2/c1-21(18,19)9-5-8-16-14(17)12(13(15)20)10-11-6-3-2-4-7-11/h2-4,6-7,12H,5,8-10H2,1H3,(H2,15,20)(H,16,17). The summed E-state index contributed by atoms with van der Waals surface area (Å²) in [6.45, 7) is 0.291. The molecule has 0 bridgehead atoms. The van der Waals surface area contributed by atoms with Crippen LogP contribution >= 0.6 is 12.2 Å². The van der Waals surface area contributed by atoms with Crippen LogP contribution < -0.4 is 11.1 Å². The number of thiocarbonyl (C=S) groups is 1. The Bertz CT molecular complexity index is 585. The molecule has 0 fully saturated rings. The van der Waals surface area contributed by atoms with Gasteiger partial charge in [0.25, 0.3) is 0 Å². The Labute approximate surface area is 130 Å². The summed E-state index contributed by atoms with van der Waals surface area (Å²) in [5.74, 6) is -0.801. The third-order valence-corrected chi connectivity index (χ3v) is 4.25. The van der Waals surface area contributed by atoms with Crippen LogP contribution in [-0.2, 0) is 21.1 Å². The normalized spacial score (nSPS) is 12.6. The van der Waals surface area contributed by atoms with Crippen LogP contribution in [0.3, 0.4) is 0 Å². The highest BCUT2D eigenvalue weighted by Crippen LogP contribution is 2.09. The Morgan fingerprint density at radius 2 is 1.95 bits per heavy atom. The first-order chi connectivity index (χ1) is 9.79. The van der Waals surface area contributed by atoms with Gasteiger partial charge in [0.1, 0.15) is 9.84 Å². The number of hydrogen-bond acceptors (Lipinski definition) is 4. The van der Waals surface area contributed by atoms with E-state index in [9.17, 15) is 13.2 Å². The zero-order chi connectivity index (χ0) is 15.9.